The third-order valence-corrected chi connectivity index (χ3v) is 6.83. The summed E-state index contributed by atoms with van der Waals surface area (Å²) in [4.78, 5) is 7.82. The summed E-state index contributed by atoms with van der Waals surface area (Å²) in [6.07, 6.45) is 11.8. The quantitative estimate of drug-likeness (QED) is 0.777. The average Bonchev–Trinajstić information content (AvgIpc) is 3.41. The molecule has 0 radical (unpaired) electrons. The minimum Gasteiger partial charge on any atom is -0.496 e. The van der Waals surface area contributed by atoms with Crippen molar-refractivity contribution >= 4 is 10.9 Å². The van der Waals surface area contributed by atoms with Crippen molar-refractivity contribution in [3.63, 3.8) is 0 Å². The van der Waals surface area contributed by atoms with Crippen molar-refractivity contribution in [2.75, 3.05) is 20.2 Å². The highest BCUT2D eigenvalue weighted by molar-refractivity contribution is 5.87. The monoisotopic (exact) mass is 350 g/mol. The fraction of sp³-hybridized carbons (Fsp3) is 0.609. The summed E-state index contributed by atoms with van der Waals surface area (Å²) in [6.45, 7) is 3.43. The van der Waals surface area contributed by atoms with E-state index in [4.69, 9.17) is 9.72 Å². The smallest absolute Gasteiger partial charge is 0.124 e. The standard InChI is InChI=1S/C23H30N2O/c1-26-22-14-20-18-9-6-10-19(18)23(16-7-2-3-8-16)24-21(20)13-17(22)15-25-11-4-5-12-25/h13-14,16H,2-12,15H2,1H3. The second kappa shape index (κ2) is 6.84. The van der Waals surface area contributed by atoms with Crippen LogP contribution in [0.15, 0.2) is 12.1 Å². The molecule has 0 unspecified atom stereocenters. The number of rotatable bonds is 4. The van der Waals surface area contributed by atoms with Crippen LogP contribution in [0.4, 0.5) is 0 Å². The number of nitrogens with zero attached hydrogens (tertiary/aromatic N) is 2. The first kappa shape index (κ1) is 16.6. The lowest BCUT2D eigenvalue weighted by molar-refractivity contribution is 0.321. The third-order valence-electron chi connectivity index (χ3n) is 6.83. The third kappa shape index (κ3) is 2.81. The van der Waals surface area contributed by atoms with Crippen LogP contribution in [-0.4, -0.2) is 30.1 Å². The van der Waals surface area contributed by atoms with Gasteiger partial charge in [-0.2, -0.15) is 0 Å². The van der Waals surface area contributed by atoms with E-state index in [1.807, 2.05) is 7.11 Å². The Hall–Kier alpha value is -1.61. The lowest BCUT2D eigenvalue weighted by Crippen LogP contribution is -2.19. The molecule has 1 saturated heterocycles. The van der Waals surface area contributed by atoms with Crippen LogP contribution in [0.2, 0.25) is 0 Å². The number of pyridine rings is 1. The van der Waals surface area contributed by atoms with Gasteiger partial charge in [-0.3, -0.25) is 9.88 Å². The van der Waals surface area contributed by atoms with Gasteiger partial charge < -0.3 is 4.74 Å². The number of hydrogen-bond donors (Lipinski definition) is 0. The van der Waals surface area contributed by atoms with Gasteiger partial charge in [0.05, 0.1) is 12.6 Å². The van der Waals surface area contributed by atoms with Gasteiger partial charge in [0.15, 0.2) is 0 Å². The SMILES string of the molecule is COc1cc2c3c(c(C4CCCC4)nc2cc1CN1CCCC1)CCC3. The average molecular weight is 351 g/mol. The molecule has 26 heavy (non-hydrogen) atoms. The number of aromatic nitrogens is 1. The van der Waals surface area contributed by atoms with E-state index < -0.39 is 0 Å². The molecule has 2 aliphatic carbocycles. The second-order valence-corrected chi connectivity index (χ2v) is 8.45. The Morgan fingerprint density at radius 1 is 1.00 bits per heavy atom. The van der Waals surface area contributed by atoms with E-state index >= 15 is 0 Å². The molecule has 3 nitrogen and oxygen atoms in total. The molecule has 1 aliphatic heterocycles. The summed E-state index contributed by atoms with van der Waals surface area (Å²) in [6, 6.07) is 4.62. The van der Waals surface area contributed by atoms with Gasteiger partial charge in [-0.1, -0.05) is 12.8 Å². The zero-order valence-corrected chi connectivity index (χ0v) is 16.0. The van der Waals surface area contributed by atoms with Crippen LogP contribution in [0.3, 0.4) is 0 Å². The van der Waals surface area contributed by atoms with Crippen LogP contribution < -0.4 is 4.74 Å². The van der Waals surface area contributed by atoms with Crippen LogP contribution in [0.1, 0.15) is 73.2 Å². The van der Waals surface area contributed by atoms with Gasteiger partial charge in [0, 0.05) is 29.1 Å². The Morgan fingerprint density at radius 2 is 1.77 bits per heavy atom. The maximum absolute atomic E-state index is 5.80. The Balaban J connectivity index is 1.62. The van der Waals surface area contributed by atoms with E-state index in [0.29, 0.717) is 5.92 Å². The minimum atomic E-state index is 0.704. The predicted octanol–water partition coefficient (Wildman–Crippen LogP) is 4.99. The van der Waals surface area contributed by atoms with Crippen molar-refractivity contribution in [1.29, 1.82) is 0 Å². The maximum atomic E-state index is 5.80. The molecule has 0 amide bonds. The molecule has 1 aromatic heterocycles. The van der Waals surface area contributed by atoms with Crippen molar-refractivity contribution in [3.05, 3.63) is 34.5 Å². The van der Waals surface area contributed by atoms with E-state index in [2.05, 4.69) is 17.0 Å². The molecule has 0 bridgehead atoms. The number of fused-ring (bicyclic) bond motifs is 3. The molecule has 0 N–H and O–H groups in total. The first-order chi connectivity index (χ1) is 12.8. The highest BCUT2D eigenvalue weighted by Gasteiger charge is 2.27. The number of methoxy groups -OCH3 is 1. The highest BCUT2D eigenvalue weighted by Crippen LogP contribution is 2.41. The lowest BCUT2D eigenvalue weighted by Gasteiger charge is -2.20. The van der Waals surface area contributed by atoms with E-state index in [-0.39, 0.29) is 0 Å². The van der Waals surface area contributed by atoms with Crippen molar-refractivity contribution in [3.8, 4) is 5.75 Å². The Labute approximate surface area is 156 Å². The van der Waals surface area contributed by atoms with Crippen molar-refractivity contribution in [2.45, 2.75) is 70.3 Å². The minimum absolute atomic E-state index is 0.704. The second-order valence-electron chi connectivity index (χ2n) is 8.45. The molecule has 3 aliphatic rings. The van der Waals surface area contributed by atoms with Crippen LogP contribution in [0.25, 0.3) is 10.9 Å². The molecule has 5 rings (SSSR count). The predicted molar refractivity (Wildman–Crippen MR) is 106 cm³/mol. The first-order valence-electron chi connectivity index (χ1n) is 10.6. The zero-order valence-electron chi connectivity index (χ0n) is 16.0. The first-order valence-corrected chi connectivity index (χ1v) is 10.6. The van der Waals surface area contributed by atoms with Gasteiger partial charge in [0.2, 0.25) is 0 Å². The van der Waals surface area contributed by atoms with Crippen molar-refractivity contribution in [2.24, 2.45) is 0 Å². The summed E-state index contributed by atoms with van der Waals surface area (Å²) >= 11 is 0. The molecule has 138 valence electrons. The van der Waals surface area contributed by atoms with Gasteiger partial charge >= 0.3 is 0 Å². The number of ether oxygens (including phenoxy) is 1. The van der Waals surface area contributed by atoms with Crippen LogP contribution in [-0.2, 0) is 19.4 Å². The molecular weight excluding hydrogens is 320 g/mol. The molecule has 1 aromatic carbocycles. The molecule has 0 atom stereocenters. The van der Waals surface area contributed by atoms with Crippen molar-refractivity contribution in [1.82, 2.24) is 9.88 Å². The largest absolute Gasteiger partial charge is 0.496 e. The van der Waals surface area contributed by atoms with Gasteiger partial charge in [-0.25, -0.2) is 0 Å². The fourth-order valence-corrected chi connectivity index (χ4v) is 5.50. The van der Waals surface area contributed by atoms with Crippen LogP contribution >= 0.6 is 0 Å². The molecule has 0 spiro atoms. The summed E-state index contributed by atoms with van der Waals surface area (Å²) in [5.41, 5.74) is 7.12. The maximum Gasteiger partial charge on any atom is 0.124 e. The lowest BCUT2D eigenvalue weighted by atomic mass is 9.93. The Morgan fingerprint density at radius 3 is 2.54 bits per heavy atom. The number of aryl methyl sites for hydroxylation is 1. The molecule has 3 heteroatoms. The number of likely N-dealkylation sites (tertiary alicyclic amines) is 1. The molecule has 2 aromatic rings. The Kier molecular flexibility index (Phi) is 4.36. The summed E-state index contributed by atoms with van der Waals surface area (Å²) in [7, 11) is 1.81. The van der Waals surface area contributed by atoms with Crippen LogP contribution in [0, 0.1) is 0 Å². The van der Waals surface area contributed by atoms with Gasteiger partial charge in [-0.05, 0) is 81.3 Å². The van der Waals surface area contributed by atoms with Crippen molar-refractivity contribution < 1.29 is 4.74 Å². The van der Waals surface area contributed by atoms with E-state index in [9.17, 15) is 0 Å². The summed E-state index contributed by atoms with van der Waals surface area (Å²) in [5.74, 6) is 1.75. The number of benzene rings is 1. The summed E-state index contributed by atoms with van der Waals surface area (Å²) in [5, 5.41) is 1.35. The van der Waals surface area contributed by atoms with E-state index in [1.54, 1.807) is 11.1 Å². The molecular formula is C23H30N2O. The normalized spacial score (nSPS) is 21.0. The van der Waals surface area contributed by atoms with Gasteiger partial charge in [0.25, 0.3) is 0 Å². The summed E-state index contributed by atoms with van der Waals surface area (Å²) < 4.78 is 5.80. The Bertz CT molecular complexity index is 817. The molecule has 2 heterocycles. The van der Waals surface area contributed by atoms with E-state index in [0.717, 1.165) is 12.3 Å². The van der Waals surface area contributed by atoms with E-state index in [1.165, 1.54) is 93.0 Å². The molecule has 2 fully saturated rings. The highest BCUT2D eigenvalue weighted by atomic mass is 16.5. The molecule has 1 saturated carbocycles. The number of hydrogen-bond acceptors (Lipinski definition) is 3. The topological polar surface area (TPSA) is 25.4 Å². The van der Waals surface area contributed by atoms with Crippen LogP contribution in [0.5, 0.6) is 5.75 Å². The van der Waals surface area contributed by atoms with Gasteiger partial charge in [0.1, 0.15) is 5.75 Å². The fourth-order valence-electron chi connectivity index (χ4n) is 5.50. The zero-order chi connectivity index (χ0) is 17.5. The van der Waals surface area contributed by atoms with Gasteiger partial charge in [-0.15, -0.1) is 0 Å².